The molecule has 2 rings (SSSR count). The first-order chi connectivity index (χ1) is 15.7. The van der Waals surface area contributed by atoms with E-state index < -0.39 is 23.6 Å². The van der Waals surface area contributed by atoms with Crippen molar-refractivity contribution in [3.63, 3.8) is 0 Å². The predicted molar refractivity (Wildman–Crippen MR) is 122 cm³/mol. The van der Waals surface area contributed by atoms with E-state index >= 15 is 0 Å². The molecule has 0 radical (unpaired) electrons. The molecule has 0 fully saturated rings. The highest BCUT2D eigenvalue weighted by Crippen LogP contribution is 2.30. The Hall–Kier alpha value is -3.56. The van der Waals surface area contributed by atoms with Crippen molar-refractivity contribution in [2.24, 2.45) is 5.10 Å². The van der Waals surface area contributed by atoms with Crippen LogP contribution in [0.1, 0.15) is 37.8 Å². The van der Waals surface area contributed by atoms with Crippen molar-refractivity contribution in [3.8, 4) is 5.75 Å². The lowest BCUT2D eigenvalue weighted by Gasteiger charge is -2.21. The number of hydrogen-bond acceptors (Lipinski definition) is 5. The molecule has 10 heteroatoms. The summed E-state index contributed by atoms with van der Waals surface area (Å²) in [7, 11) is 1.54. The Bertz CT molecular complexity index is 989. The summed E-state index contributed by atoms with van der Waals surface area (Å²) in [5.41, 5.74) is 3.13. The van der Waals surface area contributed by atoms with Crippen molar-refractivity contribution in [2.45, 2.75) is 32.9 Å². The molecule has 2 amide bonds. The van der Waals surface area contributed by atoms with Crippen LogP contribution in [0, 0.1) is 0 Å². The molecule has 2 aromatic carbocycles. The smallest absolute Gasteiger partial charge is 0.416 e. The van der Waals surface area contributed by atoms with E-state index in [1.165, 1.54) is 18.3 Å². The van der Waals surface area contributed by atoms with Gasteiger partial charge in [0.15, 0.2) is 0 Å². The zero-order valence-corrected chi connectivity index (χ0v) is 18.7. The Morgan fingerprint density at radius 3 is 2.39 bits per heavy atom. The second kappa shape index (κ2) is 11.9. The van der Waals surface area contributed by atoms with E-state index in [1.807, 2.05) is 18.2 Å². The highest BCUT2D eigenvalue weighted by molar-refractivity contribution is 5.93. The molecule has 0 atom stereocenters. The number of ether oxygens (including phenoxy) is 1. The summed E-state index contributed by atoms with van der Waals surface area (Å²) < 4.78 is 43.6. The van der Waals surface area contributed by atoms with Crippen molar-refractivity contribution in [1.29, 1.82) is 0 Å². The second-order valence-corrected chi connectivity index (χ2v) is 7.02. The molecule has 178 valence electrons. The summed E-state index contributed by atoms with van der Waals surface area (Å²) in [4.78, 5) is 26.1. The lowest BCUT2D eigenvalue weighted by Crippen LogP contribution is -2.22. The number of carbonyl (C=O) groups excluding carboxylic acids is 2. The quantitative estimate of drug-likeness (QED) is 0.403. The van der Waals surface area contributed by atoms with Crippen molar-refractivity contribution in [2.75, 3.05) is 30.4 Å². The molecule has 7 nitrogen and oxygen atoms in total. The number of halogens is 3. The van der Waals surface area contributed by atoms with Gasteiger partial charge in [-0.3, -0.25) is 9.59 Å². The lowest BCUT2D eigenvalue weighted by molar-refractivity contribution is -0.137. The Balaban J connectivity index is 1.87. The van der Waals surface area contributed by atoms with Gasteiger partial charge in [0.05, 0.1) is 18.9 Å². The molecule has 33 heavy (non-hydrogen) atoms. The molecule has 0 saturated carbocycles. The number of hydrazone groups is 1. The molecule has 0 aliphatic carbocycles. The first-order valence-electron chi connectivity index (χ1n) is 10.4. The number of hydrogen-bond donors (Lipinski definition) is 2. The van der Waals surface area contributed by atoms with Gasteiger partial charge in [0.25, 0.3) is 0 Å². The van der Waals surface area contributed by atoms with Gasteiger partial charge in [-0.2, -0.15) is 18.3 Å². The van der Waals surface area contributed by atoms with Gasteiger partial charge in [-0.1, -0.05) is 6.07 Å². The summed E-state index contributed by atoms with van der Waals surface area (Å²) >= 11 is 0. The maximum Gasteiger partial charge on any atom is 0.416 e. The first kappa shape index (κ1) is 25.7. The lowest BCUT2D eigenvalue weighted by atomic mass is 10.2. The van der Waals surface area contributed by atoms with E-state index in [1.54, 1.807) is 7.11 Å². The molecule has 0 aliphatic rings. The fourth-order valence-corrected chi connectivity index (χ4v) is 3.05. The van der Waals surface area contributed by atoms with Crippen LogP contribution < -0.4 is 20.4 Å². The molecule has 0 spiro atoms. The van der Waals surface area contributed by atoms with Crippen molar-refractivity contribution in [3.05, 3.63) is 53.6 Å². The molecule has 2 N–H and O–H groups in total. The first-order valence-corrected chi connectivity index (χ1v) is 10.4. The fraction of sp³-hybridized carbons (Fsp3) is 0.348. The third kappa shape index (κ3) is 7.81. The van der Waals surface area contributed by atoms with Crippen LogP contribution in [0.15, 0.2) is 47.6 Å². The van der Waals surface area contributed by atoms with E-state index in [-0.39, 0.29) is 18.5 Å². The summed E-state index contributed by atoms with van der Waals surface area (Å²) in [5, 5.41) is 6.24. The zero-order chi connectivity index (χ0) is 24.4. The van der Waals surface area contributed by atoms with E-state index in [4.69, 9.17) is 4.74 Å². The van der Waals surface area contributed by atoms with Gasteiger partial charge in [0.2, 0.25) is 11.8 Å². The SMILES string of the molecule is CCN(CC)c1ccc(C=NNC(=O)CCC(=O)Nc2cccc(C(F)(F)F)c2)c(OC)c1. The van der Waals surface area contributed by atoms with E-state index in [9.17, 15) is 22.8 Å². The van der Waals surface area contributed by atoms with Gasteiger partial charge in [0, 0.05) is 48.9 Å². The van der Waals surface area contributed by atoms with Crippen LogP contribution in [0.3, 0.4) is 0 Å². The zero-order valence-electron chi connectivity index (χ0n) is 18.7. The van der Waals surface area contributed by atoms with Gasteiger partial charge in [-0.05, 0) is 44.2 Å². The molecule has 0 unspecified atom stereocenters. The summed E-state index contributed by atoms with van der Waals surface area (Å²) in [5.74, 6) is -0.496. The van der Waals surface area contributed by atoms with Gasteiger partial charge in [-0.15, -0.1) is 0 Å². The number of carbonyl (C=O) groups is 2. The van der Waals surface area contributed by atoms with Crippen LogP contribution in [0.2, 0.25) is 0 Å². The Morgan fingerprint density at radius 2 is 1.76 bits per heavy atom. The van der Waals surface area contributed by atoms with Gasteiger partial charge >= 0.3 is 6.18 Å². The van der Waals surface area contributed by atoms with Crippen LogP contribution in [-0.4, -0.2) is 38.2 Å². The van der Waals surface area contributed by atoms with E-state index in [0.29, 0.717) is 11.3 Å². The number of amides is 2. The topological polar surface area (TPSA) is 83.0 Å². The molecular formula is C23H27F3N4O3. The molecular weight excluding hydrogens is 437 g/mol. The Labute approximate surface area is 190 Å². The third-order valence-corrected chi connectivity index (χ3v) is 4.79. The number of nitrogens with zero attached hydrogens (tertiary/aromatic N) is 2. The Morgan fingerprint density at radius 1 is 1.06 bits per heavy atom. The minimum absolute atomic E-state index is 0.00788. The molecule has 0 bridgehead atoms. The number of alkyl halides is 3. The predicted octanol–water partition coefficient (Wildman–Crippen LogP) is 4.43. The number of benzene rings is 2. The molecule has 2 aromatic rings. The number of rotatable bonds is 10. The second-order valence-electron chi connectivity index (χ2n) is 7.02. The van der Waals surface area contributed by atoms with Crippen molar-refractivity contribution < 1.29 is 27.5 Å². The highest BCUT2D eigenvalue weighted by Gasteiger charge is 2.30. The molecule has 0 saturated heterocycles. The van der Waals surface area contributed by atoms with Gasteiger partial charge in [-0.25, -0.2) is 5.43 Å². The summed E-state index contributed by atoms with van der Waals surface area (Å²) in [6.07, 6.45) is -3.46. The largest absolute Gasteiger partial charge is 0.496 e. The van der Waals surface area contributed by atoms with E-state index in [2.05, 4.69) is 34.6 Å². The molecule has 0 heterocycles. The maximum absolute atomic E-state index is 12.7. The average Bonchev–Trinajstić information content (AvgIpc) is 2.78. The number of nitrogens with one attached hydrogen (secondary N) is 2. The minimum atomic E-state index is -4.51. The summed E-state index contributed by atoms with van der Waals surface area (Å²) in [6, 6.07) is 9.92. The minimum Gasteiger partial charge on any atom is -0.496 e. The van der Waals surface area contributed by atoms with Crippen LogP contribution in [0.25, 0.3) is 0 Å². The van der Waals surface area contributed by atoms with Crippen LogP contribution >= 0.6 is 0 Å². The van der Waals surface area contributed by atoms with Crippen molar-refractivity contribution >= 4 is 29.4 Å². The normalized spacial score (nSPS) is 11.3. The van der Waals surface area contributed by atoms with Crippen LogP contribution in [0.4, 0.5) is 24.5 Å². The van der Waals surface area contributed by atoms with Gasteiger partial charge < -0.3 is 15.0 Å². The Kier molecular flexibility index (Phi) is 9.26. The average molecular weight is 464 g/mol. The van der Waals surface area contributed by atoms with Gasteiger partial charge in [0.1, 0.15) is 5.75 Å². The van der Waals surface area contributed by atoms with E-state index in [0.717, 1.165) is 30.9 Å². The monoisotopic (exact) mass is 464 g/mol. The summed E-state index contributed by atoms with van der Waals surface area (Å²) in [6.45, 7) is 5.82. The standard InChI is InChI=1S/C23H27F3N4O3/c1-4-30(5-2)19-10-9-16(20(14-19)33-3)15-27-29-22(32)12-11-21(31)28-18-8-6-7-17(13-18)23(24,25)26/h6-10,13-15H,4-5,11-12H2,1-3H3,(H,28,31)(H,29,32). The molecule has 0 aromatic heterocycles. The third-order valence-electron chi connectivity index (χ3n) is 4.79. The van der Waals surface area contributed by atoms with Crippen molar-refractivity contribution in [1.82, 2.24) is 5.43 Å². The van der Waals surface area contributed by atoms with Crippen LogP contribution in [-0.2, 0) is 15.8 Å². The fourth-order valence-electron chi connectivity index (χ4n) is 3.05. The molecule has 0 aliphatic heterocycles. The number of anilines is 2. The van der Waals surface area contributed by atoms with Crippen LogP contribution in [0.5, 0.6) is 5.75 Å². The highest BCUT2D eigenvalue weighted by atomic mass is 19.4. The maximum atomic E-state index is 12.7. The number of methoxy groups -OCH3 is 1.